The van der Waals surface area contributed by atoms with E-state index in [1.165, 1.54) is 0 Å². The Labute approximate surface area is 206 Å². The van der Waals surface area contributed by atoms with Gasteiger partial charge in [0.15, 0.2) is 6.61 Å². The van der Waals surface area contributed by atoms with Gasteiger partial charge in [0.1, 0.15) is 15.6 Å². The van der Waals surface area contributed by atoms with E-state index in [1.54, 1.807) is 27.7 Å². The number of amides is 1. The average Bonchev–Trinajstić information content (AvgIpc) is 3.03. The summed E-state index contributed by atoms with van der Waals surface area (Å²) >= 11 is 4.51. The van der Waals surface area contributed by atoms with Crippen LogP contribution in [0.4, 0.5) is 5.00 Å². The van der Waals surface area contributed by atoms with Gasteiger partial charge in [0.25, 0.3) is 5.91 Å². The molecular weight excluding hydrogens is 510 g/mol. The van der Waals surface area contributed by atoms with Crippen LogP contribution in [0.1, 0.15) is 77.3 Å². The molecule has 1 aromatic carbocycles. The maximum Gasteiger partial charge on any atom is 0.348 e. The smallest absolute Gasteiger partial charge is 0.348 e. The van der Waals surface area contributed by atoms with Gasteiger partial charge in [-0.1, -0.05) is 29.8 Å². The number of rotatable bonds is 9. The van der Waals surface area contributed by atoms with Gasteiger partial charge in [-0.05, 0) is 69.4 Å². The minimum absolute atomic E-state index is 0.147. The van der Waals surface area contributed by atoms with Crippen molar-refractivity contribution in [2.24, 2.45) is 0 Å². The predicted octanol–water partition coefficient (Wildman–Crippen LogP) is 6.01. The van der Waals surface area contributed by atoms with Crippen LogP contribution < -0.4 is 10.1 Å². The van der Waals surface area contributed by atoms with Crippen LogP contribution in [0.15, 0.2) is 16.6 Å². The summed E-state index contributed by atoms with van der Waals surface area (Å²) in [5.74, 6) is -0.806. The van der Waals surface area contributed by atoms with Crippen molar-refractivity contribution in [3.8, 4) is 5.75 Å². The molecule has 1 aromatic heterocycles. The van der Waals surface area contributed by atoms with Gasteiger partial charge in [0.05, 0.1) is 18.3 Å². The topological polar surface area (TPSA) is 90.9 Å². The molecule has 0 aliphatic heterocycles. The Morgan fingerprint density at radius 3 is 2.33 bits per heavy atom. The van der Waals surface area contributed by atoms with Crippen molar-refractivity contribution in [2.75, 3.05) is 18.5 Å². The van der Waals surface area contributed by atoms with E-state index in [4.69, 9.17) is 14.2 Å². The maximum atomic E-state index is 12.7. The molecule has 33 heavy (non-hydrogen) atoms. The second-order valence-electron chi connectivity index (χ2n) is 8.07. The number of benzene rings is 1. The lowest BCUT2D eigenvalue weighted by atomic mass is 10.0. The Kier molecular flexibility index (Phi) is 9.48. The number of halogens is 1. The molecular formula is C24H30BrNO6S. The second-order valence-corrected chi connectivity index (χ2v) is 9.94. The molecule has 180 valence electrons. The van der Waals surface area contributed by atoms with E-state index < -0.39 is 17.8 Å². The molecule has 2 rings (SSSR count). The molecule has 0 radical (unpaired) electrons. The number of nitrogens with one attached hydrogen (secondary N) is 1. The third kappa shape index (κ3) is 6.80. The van der Waals surface area contributed by atoms with Crippen molar-refractivity contribution in [3.05, 3.63) is 43.7 Å². The zero-order chi connectivity index (χ0) is 24.9. The lowest BCUT2D eigenvalue weighted by molar-refractivity contribution is -0.118. The summed E-state index contributed by atoms with van der Waals surface area (Å²) in [4.78, 5) is 38.0. The highest BCUT2D eigenvalue weighted by Crippen LogP contribution is 2.35. The number of thiophene rings is 1. The summed E-state index contributed by atoms with van der Waals surface area (Å²) in [6.07, 6.45) is -0.319. The average molecular weight is 540 g/mol. The van der Waals surface area contributed by atoms with Gasteiger partial charge in [-0.25, -0.2) is 9.59 Å². The van der Waals surface area contributed by atoms with Gasteiger partial charge in [-0.15, -0.1) is 11.3 Å². The van der Waals surface area contributed by atoms with E-state index >= 15 is 0 Å². The van der Waals surface area contributed by atoms with Crippen LogP contribution in [0, 0.1) is 13.8 Å². The van der Waals surface area contributed by atoms with E-state index in [9.17, 15) is 14.4 Å². The van der Waals surface area contributed by atoms with Crippen LogP contribution in [0.2, 0.25) is 0 Å². The minimum atomic E-state index is -0.614. The molecule has 1 heterocycles. The highest BCUT2D eigenvalue weighted by Gasteiger charge is 2.28. The number of esters is 2. The molecule has 0 saturated carbocycles. The van der Waals surface area contributed by atoms with Crippen LogP contribution in [0.5, 0.6) is 5.75 Å². The van der Waals surface area contributed by atoms with E-state index in [1.807, 2.05) is 32.9 Å². The normalized spacial score (nSPS) is 11.0. The molecule has 0 fully saturated rings. The van der Waals surface area contributed by atoms with Gasteiger partial charge < -0.3 is 19.5 Å². The monoisotopic (exact) mass is 539 g/mol. The van der Waals surface area contributed by atoms with Crippen LogP contribution in [0.25, 0.3) is 0 Å². The quantitative estimate of drug-likeness (QED) is 0.392. The fourth-order valence-corrected chi connectivity index (χ4v) is 4.52. The largest absolute Gasteiger partial charge is 0.483 e. The van der Waals surface area contributed by atoms with E-state index in [0.717, 1.165) is 26.9 Å². The Bertz CT molecular complexity index is 1040. The van der Waals surface area contributed by atoms with Gasteiger partial charge in [-0.3, -0.25) is 4.79 Å². The maximum absolute atomic E-state index is 12.7. The number of anilines is 1. The number of aryl methyl sites for hydroxylation is 1. The van der Waals surface area contributed by atoms with Crippen LogP contribution in [-0.4, -0.2) is 37.2 Å². The van der Waals surface area contributed by atoms with Gasteiger partial charge in [0.2, 0.25) is 0 Å². The molecule has 0 atom stereocenters. The summed E-state index contributed by atoms with van der Waals surface area (Å²) in [5.41, 5.74) is 2.51. The Balaban J connectivity index is 2.27. The molecule has 0 aliphatic rings. The number of carbonyl (C=O) groups is 3. The molecule has 0 bridgehead atoms. The van der Waals surface area contributed by atoms with Crippen molar-refractivity contribution >= 4 is 50.1 Å². The van der Waals surface area contributed by atoms with Crippen LogP contribution in [-0.2, 0) is 14.3 Å². The first-order valence-corrected chi connectivity index (χ1v) is 12.3. The highest BCUT2D eigenvalue weighted by atomic mass is 79.9. The van der Waals surface area contributed by atoms with Crippen molar-refractivity contribution in [1.82, 2.24) is 0 Å². The third-order valence-electron chi connectivity index (χ3n) is 4.68. The van der Waals surface area contributed by atoms with E-state index in [2.05, 4.69) is 21.2 Å². The van der Waals surface area contributed by atoms with Crippen LogP contribution in [0.3, 0.4) is 0 Å². The molecule has 7 nitrogen and oxygen atoms in total. The summed E-state index contributed by atoms with van der Waals surface area (Å²) in [5, 5.41) is 2.93. The molecule has 0 saturated heterocycles. The SMILES string of the molecule is CCOC(=O)c1c(NC(=O)COc2cc(C)c(Br)cc2C(C)C)sc(C(=O)OC(C)C)c1C. The Morgan fingerprint density at radius 2 is 1.76 bits per heavy atom. The molecule has 1 N–H and O–H groups in total. The lowest BCUT2D eigenvalue weighted by Gasteiger charge is -2.16. The fourth-order valence-electron chi connectivity index (χ4n) is 3.07. The number of ether oxygens (including phenoxy) is 3. The molecule has 1 amide bonds. The summed E-state index contributed by atoms with van der Waals surface area (Å²) in [6.45, 7) is 12.7. The molecule has 9 heteroatoms. The number of carbonyl (C=O) groups excluding carboxylic acids is 3. The number of hydrogen-bond acceptors (Lipinski definition) is 7. The Morgan fingerprint density at radius 1 is 1.09 bits per heavy atom. The van der Waals surface area contributed by atoms with Gasteiger partial charge in [0, 0.05) is 4.47 Å². The predicted molar refractivity (Wildman–Crippen MR) is 133 cm³/mol. The van der Waals surface area contributed by atoms with E-state index in [0.29, 0.717) is 11.3 Å². The van der Waals surface area contributed by atoms with Gasteiger partial charge in [-0.2, -0.15) is 0 Å². The fraction of sp³-hybridized carbons (Fsp3) is 0.458. The zero-order valence-electron chi connectivity index (χ0n) is 20.0. The third-order valence-corrected chi connectivity index (χ3v) is 6.72. The zero-order valence-corrected chi connectivity index (χ0v) is 22.4. The molecule has 0 aliphatic carbocycles. The molecule has 0 spiro atoms. The molecule has 0 unspecified atom stereocenters. The summed E-state index contributed by atoms with van der Waals surface area (Å²) < 4.78 is 17.2. The van der Waals surface area contributed by atoms with Gasteiger partial charge >= 0.3 is 11.9 Å². The first-order valence-electron chi connectivity index (χ1n) is 10.7. The van der Waals surface area contributed by atoms with Crippen molar-refractivity contribution in [2.45, 2.75) is 60.5 Å². The summed E-state index contributed by atoms with van der Waals surface area (Å²) in [7, 11) is 0. The highest BCUT2D eigenvalue weighted by molar-refractivity contribution is 9.10. The minimum Gasteiger partial charge on any atom is -0.483 e. The molecule has 2 aromatic rings. The first-order chi connectivity index (χ1) is 15.5. The van der Waals surface area contributed by atoms with Crippen molar-refractivity contribution < 1.29 is 28.6 Å². The van der Waals surface area contributed by atoms with Crippen molar-refractivity contribution in [3.63, 3.8) is 0 Å². The summed E-state index contributed by atoms with van der Waals surface area (Å²) in [6, 6.07) is 3.87. The van der Waals surface area contributed by atoms with Crippen LogP contribution >= 0.6 is 27.3 Å². The standard InChI is InChI=1S/C24H30BrNO6S/c1-8-30-23(28)20-15(7)21(24(29)32-13(4)5)33-22(20)26-19(27)11-31-18-9-14(6)17(25)10-16(18)12(2)3/h9-10,12-13H,8,11H2,1-7H3,(H,26,27). The second kappa shape index (κ2) is 11.7. The number of hydrogen-bond donors (Lipinski definition) is 1. The Hall–Kier alpha value is -2.39. The lowest BCUT2D eigenvalue weighted by Crippen LogP contribution is -2.21. The van der Waals surface area contributed by atoms with E-state index in [-0.39, 0.29) is 40.7 Å². The first kappa shape index (κ1) is 26.9. The van der Waals surface area contributed by atoms with Crippen molar-refractivity contribution in [1.29, 1.82) is 0 Å².